The number of nitrogens with zero attached hydrogens (tertiary/aromatic N) is 1. The Hall–Kier alpha value is -2.54. The molecule has 0 radical (unpaired) electrons. The lowest BCUT2D eigenvalue weighted by Crippen LogP contribution is -2.38. The zero-order chi connectivity index (χ0) is 30.9. The lowest BCUT2D eigenvalue weighted by atomic mass is 9.60. The molecule has 2 atom stereocenters. The molecule has 1 nitrogen and oxygen atoms in total. The van der Waals surface area contributed by atoms with Crippen LogP contribution in [0.25, 0.3) is 11.1 Å². The van der Waals surface area contributed by atoms with Gasteiger partial charge in [0.2, 0.25) is 0 Å². The van der Waals surface area contributed by atoms with E-state index in [0.29, 0.717) is 5.92 Å². The molecule has 230 valence electrons. The number of unbranched alkanes of at least 4 members (excludes halogenated alkanes) is 1. The van der Waals surface area contributed by atoms with E-state index in [0.717, 1.165) is 57.5 Å². The van der Waals surface area contributed by atoms with Crippen LogP contribution < -0.4 is 15.3 Å². The fourth-order valence-electron chi connectivity index (χ4n) is 7.09. The van der Waals surface area contributed by atoms with Crippen molar-refractivity contribution in [1.82, 2.24) is 0 Å². The third kappa shape index (κ3) is 7.89. The quantitative estimate of drug-likeness (QED) is 0.244. The lowest BCUT2D eigenvalue weighted by Gasteiger charge is -2.44. The Kier molecular flexibility index (Phi) is 12.8. The number of hydrogen-bond donors (Lipinski definition) is 0. The van der Waals surface area contributed by atoms with Gasteiger partial charge in [0.15, 0.2) is 0 Å². The van der Waals surface area contributed by atoms with E-state index in [2.05, 4.69) is 122 Å². The first-order valence-electron chi connectivity index (χ1n) is 17.2. The Morgan fingerprint density at radius 2 is 1.62 bits per heavy atom. The van der Waals surface area contributed by atoms with E-state index in [1.807, 2.05) is 0 Å². The van der Waals surface area contributed by atoms with Crippen molar-refractivity contribution in [1.29, 1.82) is 0 Å². The molecule has 1 heteroatoms. The van der Waals surface area contributed by atoms with Crippen LogP contribution >= 0.6 is 0 Å². The molecule has 0 N–H and O–H groups in total. The van der Waals surface area contributed by atoms with Gasteiger partial charge in [0, 0.05) is 24.2 Å². The SMILES string of the molecule is C=C(CCCC)CC1CC=CCC1(C)C1=c2ccc(=C(CC)CC)cc2Cc2cc(N(CC)CC)ccc21.CC(C)C. The third-order valence-corrected chi connectivity index (χ3v) is 9.52. The number of benzene rings is 2. The average Bonchev–Trinajstić information content (AvgIpc) is 2.97. The summed E-state index contributed by atoms with van der Waals surface area (Å²) >= 11 is 0. The third-order valence-electron chi connectivity index (χ3n) is 9.52. The van der Waals surface area contributed by atoms with Crippen molar-refractivity contribution in [2.24, 2.45) is 17.3 Å². The van der Waals surface area contributed by atoms with Crippen molar-refractivity contribution >= 4 is 16.8 Å². The number of rotatable bonds is 11. The van der Waals surface area contributed by atoms with E-state index >= 15 is 0 Å². The largest absolute Gasteiger partial charge is 0.372 e. The fraction of sp³-hybridized carbons (Fsp3) is 0.561. The first kappa shape index (κ1) is 34.0. The monoisotopic (exact) mass is 567 g/mol. The number of allylic oxidation sites excluding steroid dienone is 3. The first-order valence-corrected chi connectivity index (χ1v) is 17.2. The van der Waals surface area contributed by atoms with Gasteiger partial charge in [-0.1, -0.05) is 109 Å². The first-order chi connectivity index (χ1) is 20.1. The van der Waals surface area contributed by atoms with E-state index in [4.69, 9.17) is 0 Å². The molecule has 0 saturated carbocycles. The lowest BCUT2D eigenvalue weighted by molar-refractivity contribution is 0.255. The Morgan fingerprint density at radius 3 is 2.24 bits per heavy atom. The molecule has 0 amide bonds. The molecule has 2 aromatic carbocycles. The number of hydrogen-bond acceptors (Lipinski definition) is 1. The molecule has 2 aromatic rings. The van der Waals surface area contributed by atoms with Gasteiger partial charge in [0.1, 0.15) is 0 Å². The van der Waals surface area contributed by atoms with Crippen LogP contribution in [0, 0.1) is 17.3 Å². The molecular weight excluding hydrogens is 506 g/mol. The van der Waals surface area contributed by atoms with Gasteiger partial charge in [-0.25, -0.2) is 0 Å². The van der Waals surface area contributed by atoms with Crippen LogP contribution in [0.4, 0.5) is 5.69 Å². The van der Waals surface area contributed by atoms with Gasteiger partial charge in [-0.2, -0.15) is 0 Å². The van der Waals surface area contributed by atoms with Gasteiger partial charge in [0.25, 0.3) is 0 Å². The second kappa shape index (κ2) is 15.8. The van der Waals surface area contributed by atoms with Crippen molar-refractivity contribution in [2.75, 3.05) is 18.0 Å². The van der Waals surface area contributed by atoms with Gasteiger partial charge in [-0.15, -0.1) is 0 Å². The topological polar surface area (TPSA) is 3.24 Å². The van der Waals surface area contributed by atoms with Crippen molar-refractivity contribution in [3.8, 4) is 0 Å². The minimum absolute atomic E-state index is 0.0914. The standard InChI is InChI=1S/C37H51N.C4H10/c1-8-13-16-27(6)23-32-17-14-15-22-37(32,7)36-34-20-18-29(28(9-2)10-3)24-30(34)25-31-26-33(19-21-35(31)36)38(11-4)12-5;1-4(2)3/h14-15,18-21,24,26,32H,6,8-13,16-17,22-23,25H2,1-5,7H3;4H,1-3H3. The summed E-state index contributed by atoms with van der Waals surface area (Å²) in [5.41, 5.74) is 10.5. The Balaban J connectivity index is 0.00000114. The molecule has 0 saturated heterocycles. The van der Waals surface area contributed by atoms with E-state index in [9.17, 15) is 0 Å². The van der Waals surface area contributed by atoms with Crippen molar-refractivity contribution in [3.05, 3.63) is 87.8 Å². The normalized spacial score (nSPS) is 19.1. The van der Waals surface area contributed by atoms with Crippen LogP contribution in [-0.4, -0.2) is 13.1 Å². The second-order valence-corrected chi connectivity index (χ2v) is 13.6. The predicted molar refractivity (Wildman–Crippen MR) is 189 cm³/mol. The van der Waals surface area contributed by atoms with Gasteiger partial charge in [0.05, 0.1) is 0 Å². The number of fused-ring (bicyclic) bond motifs is 2. The molecule has 0 spiro atoms. The Morgan fingerprint density at radius 1 is 0.929 bits per heavy atom. The minimum Gasteiger partial charge on any atom is -0.372 e. The molecule has 2 aliphatic rings. The molecule has 2 unspecified atom stereocenters. The summed E-state index contributed by atoms with van der Waals surface area (Å²) in [6, 6.07) is 14.7. The highest BCUT2D eigenvalue weighted by Gasteiger charge is 2.40. The summed E-state index contributed by atoms with van der Waals surface area (Å²) in [6.45, 7) is 27.1. The minimum atomic E-state index is 0.0914. The molecule has 42 heavy (non-hydrogen) atoms. The maximum absolute atomic E-state index is 4.54. The number of anilines is 1. The van der Waals surface area contributed by atoms with E-state index in [1.54, 1.807) is 11.1 Å². The molecule has 0 fully saturated rings. The molecule has 4 rings (SSSR count). The van der Waals surface area contributed by atoms with Gasteiger partial charge >= 0.3 is 0 Å². The van der Waals surface area contributed by atoms with E-state index in [-0.39, 0.29) is 5.41 Å². The highest BCUT2D eigenvalue weighted by molar-refractivity contribution is 5.78. The maximum Gasteiger partial charge on any atom is 0.0369 e. The Bertz CT molecular complexity index is 1330. The van der Waals surface area contributed by atoms with E-state index < -0.39 is 0 Å². The molecule has 0 aliphatic heterocycles. The second-order valence-electron chi connectivity index (χ2n) is 13.6. The van der Waals surface area contributed by atoms with Gasteiger partial charge in [-0.05, 0) is 122 Å². The van der Waals surface area contributed by atoms with Crippen LogP contribution in [0.15, 0.2) is 60.7 Å². The average molecular weight is 568 g/mol. The molecular formula is C41H61N. The highest BCUT2D eigenvalue weighted by atomic mass is 15.1. The summed E-state index contributed by atoms with van der Waals surface area (Å²) in [6.07, 6.45) is 15.2. The predicted octanol–water partition coefficient (Wildman–Crippen LogP) is 10.4. The van der Waals surface area contributed by atoms with E-state index in [1.165, 1.54) is 57.7 Å². The highest BCUT2D eigenvalue weighted by Crippen LogP contribution is 2.51. The summed E-state index contributed by atoms with van der Waals surface area (Å²) in [7, 11) is 0. The summed E-state index contributed by atoms with van der Waals surface area (Å²) in [5, 5.41) is 2.93. The van der Waals surface area contributed by atoms with Crippen LogP contribution in [0.2, 0.25) is 0 Å². The van der Waals surface area contributed by atoms with Crippen LogP contribution in [0.5, 0.6) is 0 Å². The van der Waals surface area contributed by atoms with Crippen LogP contribution in [0.3, 0.4) is 0 Å². The summed E-state index contributed by atoms with van der Waals surface area (Å²) in [4.78, 5) is 2.48. The zero-order valence-electron chi connectivity index (χ0n) is 28.7. The van der Waals surface area contributed by atoms with Crippen molar-refractivity contribution < 1.29 is 0 Å². The molecule has 0 bridgehead atoms. The summed E-state index contributed by atoms with van der Waals surface area (Å²) in [5.74, 6) is 1.42. The smallest absolute Gasteiger partial charge is 0.0369 e. The van der Waals surface area contributed by atoms with Crippen LogP contribution in [0.1, 0.15) is 130 Å². The fourth-order valence-corrected chi connectivity index (χ4v) is 7.09. The van der Waals surface area contributed by atoms with Crippen molar-refractivity contribution in [2.45, 2.75) is 120 Å². The van der Waals surface area contributed by atoms with Gasteiger partial charge < -0.3 is 4.90 Å². The summed E-state index contributed by atoms with van der Waals surface area (Å²) < 4.78 is 0. The zero-order valence-corrected chi connectivity index (χ0v) is 28.7. The van der Waals surface area contributed by atoms with Crippen molar-refractivity contribution in [3.63, 3.8) is 0 Å². The maximum atomic E-state index is 4.54. The molecule has 0 heterocycles. The van der Waals surface area contributed by atoms with Crippen LogP contribution in [-0.2, 0) is 6.42 Å². The van der Waals surface area contributed by atoms with Gasteiger partial charge in [-0.3, -0.25) is 0 Å². The molecule has 2 aliphatic carbocycles. The Labute approximate surface area is 259 Å². The molecule has 0 aromatic heterocycles.